The number of amides is 1. The van der Waals surface area contributed by atoms with Crippen LogP contribution in [0.5, 0.6) is 11.5 Å². The van der Waals surface area contributed by atoms with E-state index in [1.165, 1.54) is 11.8 Å². The summed E-state index contributed by atoms with van der Waals surface area (Å²) in [6.45, 7) is 0. The highest BCUT2D eigenvalue weighted by Crippen LogP contribution is 2.42. The molecule has 0 fully saturated rings. The molecule has 2 N–H and O–H groups in total. The normalized spacial score (nSPS) is 16.5. The Morgan fingerprint density at radius 3 is 2.81 bits per heavy atom. The molecule has 1 aromatic heterocycles. The minimum absolute atomic E-state index is 0.0844. The van der Waals surface area contributed by atoms with E-state index in [2.05, 4.69) is 10.3 Å². The van der Waals surface area contributed by atoms with Gasteiger partial charge in [-0.1, -0.05) is 12.1 Å². The minimum atomic E-state index is -0.138. The van der Waals surface area contributed by atoms with Crippen molar-refractivity contribution in [3.8, 4) is 17.2 Å². The summed E-state index contributed by atoms with van der Waals surface area (Å²) in [5.41, 5.74) is 2.71. The second-order valence-electron chi connectivity index (χ2n) is 5.88. The van der Waals surface area contributed by atoms with E-state index in [0.717, 1.165) is 22.7 Å². The third-order valence-corrected chi connectivity index (χ3v) is 5.47. The van der Waals surface area contributed by atoms with Gasteiger partial charge >= 0.3 is 0 Å². The molecule has 4 rings (SSSR count). The van der Waals surface area contributed by atoms with Crippen LogP contribution in [0.3, 0.4) is 0 Å². The van der Waals surface area contributed by atoms with E-state index in [1.54, 1.807) is 31.6 Å². The van der Waals surface area contributed by atoms with E-state index in [-0.39, 0.29) is 16.9 Å². The molecule has 2 heterocycles. The highest BCUT2D eigenvalue weighted by Gasteiger charge is 2.29. The summed E-state index contributed by atoms with van der Waals surface area (Å²) >= 11 is 1.51. The van der Waals surface area contributed by atoms with Crippen LogP contribution < -0.4 is 10.1 Å². The number of aromatic hydroxyl groups is 1. The largest absolute Gasteiger partial charge is 0.508 e. The first-order valence-electron chi connectivity index (χ1n) is 8.08. The number of nitrogens with one attached hydrogen (secondary N) is 1. The average molecular weight is 367 g/mol. The van der Waals surface area contributed by atoms with Crippen molar-refractivity contribution < 1.29 is 14.6 Å². The fraction of sp³-hybridized carbons (Fsp3) is 0.158. The molecule has 0 spiro atoms. The SMILES string of the molecule is COc1ccc(-n2cnc3c2[C@H](c2cccc(O)c2)SCC(=O)N3)cc1. The number of phenolic OH excluding ortho intramolecular Hbond substituents is 1. The van der Waals surface area contributed by atoms with E-state index < -0.39 is 0 Å². The van der Waals surface area contributed by atoms with Gasteiger partial charge < -0.3 is 15.2 Å². The molecule has 6 nitrogen and oxygen atoms in total. The third kappa shape index (κ3) is 3.01. The third-order valence-electron chi connectivity index (χ3n) is 4.22. The smallest absolute Gasteiger partial charge is 0.235 e. The number of hydrogen-bond donors (Lipinski definition) is 2. The Kier molecular flexibility index (Phi) is 4.30. The fourth-order valence-corrected chi connectivity index (χ4v) is 4.11. The molecule has 0 bridgehead atoms. The van der Waals surface area contributed by atoms with Gasteiger partial charge in [0.1, 0.15) is 17.8 Å². The number of benzene rings is 2. The van der Waals surface area contributed by atoms with Crippen molar-refractivity contribution in [2.24, 2.45) is 0 Å². The number of rotatable bonds is 3. The lowest BCUT2D eigenvalue weighted by Crippen LogP contribution is -2.12. The van der Waals surface area contributed by atoms with E-state index in [0.29, 0.717) is 11.6 Å². The average Bonchev–Trinajstić information content (AvgIpc) is 2.97. The van der Waals surface area contributed by atoms with Crippen molar-refractivity contribution in [2.45, 2.75) is 5.25 Å². The van der Waals surface area contributed by atoms with E-state index in [1.807, 2.05) is 34.9 Å². The summed E-state index contributed by atoms with van der Waals surface area (Å²) in [5.74, 6) is 1.75. The predicted octanol–water partition coefficient (Wildman–Crippen LogP) is 3.36. The van der Waals surface area contributed by atoms with Crippen LogP contribution in [0.1, 0.15) is 16.5 Å². The number of carbonyl (C=O) groups is 1. The number of ether oxygens (including phenoxy) is 1. The number of methoxy groups -OCH3 is 1. The molecule has 0 saturated carbocycles. The number of imidazole rings is 1. The standard InChI is InChI=1S/C19H17N3O3S/c1-25-15-7-5-13(6-8-15)22-11-20-19-17(22)18(26-10-16(24)21-19)12-3-2-4-14(23)9-12/h2-9,11,18,23H,10H2,1H3,(H,21,24)/t18-/m0/s1. The summed E-state index contributed by atoms with van der Waals surface area (Å²) < 4.78 is 7.18. The van der Waals surface area contributed by atoms with Crippen LogP contribution in [0.15, 0.2) is 54.9 Å². The molecule has 26 heavy (non-hydrogen) atoms. The number of thioether (sulfide) groups is 1. The summed E-state index contributed by atoms with van der Waals surface area (Å²) in [6, 6.07) is 14.8. The molecule has 7 heteroatoms. The number of carbonyl (C=O) groups excluding carboxylic acids is 1. The predicted molar refractivity (Wildman–Crippen MR) is 101 cm³/mol. The van der Waals surface area contributed by atoms with Gasteiger partial charge in [0, 0.05) is 5.69 Å². The first-order chi connectivity index (χ1) is 12.7. The lowest BCUT2D eigenvalue weighted by molar-refractivity contribution is -0.113. The quantitative estimate of drug-likeness (QED) is 0.742. The molecular weight excluding hydrogens is 350 g/mol. The maximum absolute atomic E-state index is 12.1. The maximum atomic E-state index is 12.1. The molecule has 3 aromatic rings. The monoisotopic (exact) mass is 367 g/mol. The molecule has 0 saturated heterocycles. The summed E-state index contributed by atoms with van der Waals surface area (Å²) in [6.07, 6.45) is 1.70. The number of aromatic nitrogens is 2. The van der Waals surface area contributed by atoms with Gasteiger partial charge in [-0.05, 0) is 42.0 Å². The number of anilines is 1. The van der Waals surface area contributed by atoms with Gasteiger partial charge in [-0.3, -0.25) is 9.36 Å². The fourth-order valence-electron chi connectivity index (χ4n) is 3.00. The summed E-state index contributed by atoms with van der Waals surface area (Å²) in [4.78, 5) is 16.5. The first-order valence-corrected chi connectivity index (χ1v) is 9.12. The second-order valence-corrected chi connectivity index (χ2v) is 6.97. The van der Waals surface area contributed by atoms with Gasteiger partial charge in [-0.25, -0.2) is 4.98 Å². The zero-order chi connectivity index (χ0) is 18.1. The van der Waals surface area contributed by atoms with Crippen LogP contribution in [-0.2, 0) is 4.79 Å². The van der Waals surface area contributed by atoms with Gasteiger partial charge in [-0.2, -0.15) is 0 Å². The van der Waals surface area contributed by atoms with Crippen molar-refractivity contribution in [1.29, 1.82) is 0 Å². The van der Waals surface area contributed by atoms with Crippen molar-refractivity contribution in [1.82, 2.24) is 9.55 Å². The van der Waals surface area contributed by atoms with Gasteiger partial charge in [0.25, 0.3) is 0 Å². The molecule has 2 aromatic carbocycles. The zero-order valence-electron chi connectivity index (χ0n) is 14.0. The molecule has 1 atom stereocenters. The van der Waals surface area contributed by atoms with E-state index in [9.17, 15) is 9.90 Å². The van der Waals surface area contributed by atoms with Gasteiger partial charge in [-0.15, -0.1) is 11.8 Å². The number of nitrogens with zero attached hydrogens (tertiary/aromatic N) is 2. The molecule has 132 valence electrons. The molecular formula is C19H17N3O3S. The Morgan fingerprint density at radius 1 is 1.27 bits per heavy atom. The van der Waals surface area contributed by atoms with Crippen molar-refractivity contribution in [3.63, 3.8) is 0 Å². The first kappa shape index (κ1) is 16.5. The van der Waals surface area contributed by atoms with Crippen LogP contribution in [0, 0.1) is 0 Å². The molecule has 0 radical (unpaired) electrons. The van der Waals surface area contributed by atoms with Crippen LogP contribution in [-0.4, -0.2) is 33.4 Å². The molecule has 0 aliphatic carbocycles. The van der Waals surface area contributed by atoms with Crippen LogP contribution in [0.25, 0.3) is 5.69 Å². The molecule has 1 aliphatic heterocycles. The second kappa shape index (κ2) is 6.76. The van der Waals surface area contributed by atoms with E-state index >= 15 is 0 Å². The molecule has 1 amide bonds. The van der Waals surface area contributed by atoms with Crippen LogP contribution in [0.4, 0.5) is 5.82 Å². The Balaban J connectivity index is 1.85. The Bertz CT molecular complexity index is 953. The van der Waals surface area contributed by atoms with Crippen molar-refractivity contribution >= 4 is 23.5 Å². The van der Waals surface area contributed by atoms with Crippen LogP contribution >= 0.6 is 11.8 Å². The van der Waals surface area contributed by atoms with E-state index in [4.69, 9.17) is 4.74 Å². The maximum Gasteiger partial charge on any atom is 0.235 e. The Hall–Kier alpha value is -2.93. The minimum Gasteiger partial charge on any atom is -0.508 e. The van der Waals surface area contributed by atoms with Gasteiger partial charge in [0.05, 0.1) is 23.8 Å². The Morgan fingerprint density at radius 2 is 2.08 bits per heavy atom. The topological polar surface area (TPSA) is 76.4 Å². The lowest BCUT2D eigenvalue weighted by atomic mass is 10.1. The molecule has 0 unspecified atom stereocenters. The highest BCUT2D eigenvalue weighted by atomic mass is 32.2. The zero-order valence-corrected chi connectivity index (χ0v) is 14.9. The number of fused-ring (bicyclic) bond motifs is 1. The van der Waals surface area contributed by atoms with Gasteiger partial charge in [0.2, 0.25) is 5.91 Å². The highest BCUT2D eigenvalue weighted by molar-refractivity contribution is 8.00. The number of hydrogen-bond acceptors (Lipinski definition) is 5. The van der Waals surface area contributed by atoms with Crippen molar-refractivity contribution in [2.75, 3.05) is 18.2 Å². The van der Waals surface area contributed by atoms with Crippen LogP contribution in [0.2, 0.25) is 0 Å². The number of phenols is 1. The molecule has 1 aliphatic rings. The summed E-state index contributed by atoms with van der Waals surface area (Å²) in [7, 11) is 1.63. The Labute approximate surface area is 154 Å². The lowest BCUT2D eigenvalue weighted by Gasteiger charge is -2.18. The van der Waals surface area contributed by atoms with Gasteiger partial charge in [0.15, 0.2) is 5.82 Å². The summed E-state index contributed by atoms with van der Waals surface area (Å²) in [5, 5.41) is 12.6. The van der Waals surface area contributed by atoms with Crippen molar-refractivity contribution in [3.05, 3.63) is 66.1 Å².